The number of benzene rings is 2. The zero-order valence-electron chi connectivity index (χ0n) is 14.0. The second kappa shape index (κ2) is 8.01. The zero-order chi connectivity index (χ0) is 20.3. The van der Waals surface area contributed by atoms with Crippen LogP contribution in [-0.2, 0) is 10.0 Å². The van der Waals surface area contributed by atoms with Crippen molar-refractivity contribution in [2.24, 2.45) is 0 Å². The van der Waals surface area contributed by atoms with Crippen LogP contribution in [0.25, 0.3) is 0 Å². The molecule has 7 nitrogen and oxygen atoms in total. The molecule has 3 aromatic rings. The third-order valence-electron chi connectivity index (χ3n) is 3.62. The normalized spacial score (nSPS) is 11.0. The number of anilines is 2. The van der Waals surface area contributed by atoms with E-state index in [1.807, 2.05) is 0 Å². The molecule has 144 valence electrons. The summed E-state index contributed by atoms with van der Waals surface area (Å²) in [6.45, 7) is 0. The Hall–Kier alpha value is -2.88. The summed E-state index contributed by atoms with van der Waals surface area (Å²) in [7, 11) is -3.85. The summed E-state index contributed by atoms with van der Waals surface area (Å²) in [5.41, 5.74) is 0.514. The standard InChI is InChI=1S/C18H13ClN2O5S2/c19-12-5-8-15(21-28(25,26)16-2-1-9-27-16)14(10-12)17(22)20-13-6-3-11(4-7-13)18(23)24/h1-10,21H,(H,20,22)(H,23,24). The van der Waals surface area contributed by atoms with Crippen molar-refractivity contribution in [3.63, 3.8) is 0 Å². The molecule has 0 radical (unpaired) electrons. The highest BCUT2D eigenvalue weighted by molar-refractivity contribution is 7.94. The molecule has 0 saturated carbocycles. The molecule has 2 aromatic carbocycles. The van der Waals surface area contributed by atoms with Gasteiger partial charge >= 0.3 is 5.97 Å². The number of nitrogens with one attached hydrogen (secondary N) is 2. The van der Waals surface area contributed by atoms with Crippen LogP contribution in [-0.4, -0.2) is 25.4 Å². The van der Waals surface area contributed by atoms with Gasteiger partial charge in [0.2, 0.25) is 0 Å². The molecule has 0 aliphatic carbocycles. The first-order valence-electron chi connectivity index (χ1n) is 7.77. The van der Waals surface area contributed by atoms with Crippen molar-refractivity contribution in [3.8, 4) is 0 Å². The minimum atomic E-state index is -3.85. The molecule has 1 aromatic heterocycles. The highest BCUT2D eigenvalue weighted by atomic mass is 35.5. The molecular formula is C18H13ClN2O5S2. The van der Waals surface area contributed by atoms with Crippen molar-refractivity contribution < 1.29 is 23.1 Å². The van der Waals surface area contributed by atoms with E-state index in [9.17, 15) is 18.0 Å². The third-order valence-corrected chi connectivity index (χ3v) is 6.62. The number of amides is 1. The number of halogens is 1. The van der Waals surface area contributed by atoms with Gasteiger partial charge in [0.25, 0.3) is 15.9 Å². The van der Waals surface area contributed by atoms with E-state index in [1.165, 1.54) is 48.5 Å². The molecule has 1 amide bonds. The lowest BCUT2D eigenvalue weighted by atomic mass is 10.1. The molecule has 1 heterocycles. The monoisotopic (exact) mass is 436 g/mol. The minimum absolute atomic E-state index is 0.0231. The second-order valence-corrected chi connectivity index (χ2v) is 8.86. The van der Waals surface area contributed by atoms with Crippen molar-refractivity contribution in [2.45, 2.75) is 4.21 Å². The summed E-state index contributed by atoms with van der Waals surface area (Å²) in [5, 5.41) is 13.4. The Labute approximate surface area is 169 Å². The average Bonchev–Trinajstić information content (AvgIpc) is 3.19. The van der Waals surface area contributed by atoms with Crippen molar-refractivity contribution in [2.75, 3.05) is 10.0 Å². The third kappa shape index (κ3) is 4.50. The van der Waals surface area contributed by atoms with Gasteiger partial charge in [0.15, 0.2) is 0 Å². The van der Waals surface area contributed by atoms with Gasteiger partial charge in [-0.25, -0.2) is 13.2 Å². The van der Waals surface area contributed by atoms with Gasteiger partial charge in [-0.05, 0) is 53.9 Å². The molecule has 0 saturated heterocycles. The van der Waals surface area contributed by atoms with Crippen molar-refractivity contribution in [1.29, 1.82) is 0 Å². The van der Waals surface area contributed by atoms with Gasteiger partial charge in [-0.2, -0.15) is 0 Å². The lowest BCUT2D eigenvalue weighted by Crippen LogP contribution is -2.18. The lowest BCUT2D eigenvalue weighted by molar-refractivity contribution is 0.0696. The van der Waals surface area contributed by atoms with Crippen LogP contribution in [0.4, 0.5) is 11.4 Å². The van der Waals surface area contributed by atoms with E-state index >= 15 is 0 Å². The van der Waals surface area contributed by atoms with E-state index in [2.05, 4.69) is 10.0 Å². The first-order chi connectivity index (χ1) is 13.3. The maximum absolute atomic E-state index is 12.7. The number of carbonyl (C=O) groups is 2. The Kier molecular flexibility index (Phi) is 5.68. The van der Waals surface area contributed by atoms with Gasteiger partial charge in [0, 0.05) is 10.7 Å². The Morgan fingerprint density at radius 1 is 1.04 bits per heavy atom. The summed E-state index contributed by atoms with van der Waals surface area (Å²) >= 11 is 7.02. The molecule has 28 heavy (non-hydrogen) atoms. The fourth-order valence-corrected chi connectivity index (χ4v) is 4.54. The molecule has 0 aliphatic heterocycles. The maximum atomic E-state index is 12.7. The van der Waals surface area contributed by atoms with Crippen LogP contribution in [0.1, 0.15) is 20.7 Å². The molecule has 3 rings (SSSR count). The van der Waals surface area contributed by atoms with Crippen LogP contribution in [0.15, 0.2) is 64.2 Å². The van der Waals surface area contributed by atoms with Crippen molar-refractivity contribution in [1.82, 2.24) is 0 Å². The molecule has 0 atom stereocenters. The smallest absolute Gasteiger partial charge is 0.335 e. The van der Waals surface area contributed by atoms with E-state index in [-0.39, 0.29) is 26.0 Å². The number of carbonyl (C=O) groups excluding carboxylic acids is 1. The molecular weight excluding hydrogens is 424 g/mol. The molecule has 0 bridgehead atoms. The van der Waals surface area contributed by atoms with Crippen LogP contribution in [0.5, 0.6) is 0 Å². The van der Waals surface area contributed by atoms with Gasteiger partial charge in [-0.1, -0.05) is 17.7 Å². The zero-order valence-corrected chi connectivity index (χ0v) is 16.4. The quantitative estimate of drug-likeness (QED) is 0.537. The molecule has 0 aliphatic rings. The van der Waals surface area contributed by atoms with Gasteiger partial charge in [0.1, 0.15) is 4.21 Å². The van der Waals surface area contributed by atoms with E-state index in [1.54, 1.807) is 11.4 Å². The predicted molar refractivity (Wildman–Crippen MR) is 108 cm³/mol. The molecule has 0 unspecified atom stereocenters. The minimum Gasteiger partial charge on any atom is -0.478 e. The molecule has 3 N–H and O–H groups in total. The van der Waals surface area contributed by atoms with Crippen molar-refractivity contribution >= 4 is 56.2 Å². The number of hydrogen-bond donors (Lipinski definition) is 3. The van der Waals surface area contributed by atoms with Crippen molar-refractivity contribution in [3.05, 3.63) is 76.1 Å². The van der Waals surface area contributed by atoms with E-state index in [0.717, 1.165) is 11.3 Å². The van der Waals surface area contributed by atoms with Crippen LogP contribution in [0.3, 0.4) is 0 Å². The van der Waals surface area contributed by atoms with Gasteiger partial charge in [0.05, 0.1) is 16.8 Å². The number of aromatic carboxylic acids is 1. The van der Waals surface area contributed by atoms with Gasteiger partial charge < -0.3 is 10.4 Å². The molecule has 0 fully saturated rings. The Bertz CT molecular complexity index is 1130. The SMILES string of the molecule is O=C(O)c1ccc(NC(=O)c2cc(Cl)ccc2NS(=O)(=O)c2cccs2)cc1. The second-order valence-electron chi connectivity index (χ2n) is 5.56. The first-order valence-corrected chi connectivity index (χ1v) is 10.5. The van der Waals surface area contributed by atoms with Crippen LogP contribution < -0.4 is 10.0 Å². The first kappa shape index (κ1) is 19.9. The fourth-order valence-electron chi connectivity index (χ4n) is 2.30. The fraction of sp³-hybridized carbons (Fsp3) is 0. The summed E-state index contributed by atoms with van der Waals surface area (Å²) in [6, 6.07) is 12.8. The number of rotatable bonds is 6. The van der Waals surface area contributed by atoms with Crippen LogP contribution in [0, 0.1) is 0 Å². The van der Waals surface area contributed by atoms with Gasteiger partial charge in [-0.3, -0.25) is 9.52 Å². The highest BCUT2D eigenvalue weighted by Gasteiger charge is 2.20. The summed E-state index contributed by atoms with van der Waals surface area (Å²) in [6.07, 6.45) is 0. The summed E-state index contributed by atoms with van der Waals surface area (Å²) in [4.78, 5) is 23.6. The summed E-state index contributed by atoms with van der Waals surface area (Å²) in [5.74, 6) is -1.69. The molecule has 0 spiro atoms. The van der Waals surface area contributed by atoms with E-state index in [0.29, 0.717) is 5.69 Å². The topological polar surface area (TPSA) is 113 Å². The number of carboxylic acids is 1. The number of thiophene rings is 1. The number of sulfonamides is 1. The van der Waals surface area contributed by atoms with Crippen LogP contribution in [0.2, 0.25) is 5.02 Å². The molecule has 10 heteroatoms. The lowest BCUT2D eigenvalue weighted by Gasteiger charge is -2.13. The largest absolute Gasteiger partial charge is 0.478 e. The highest BCUT2D eigenvalue weighted by Crippen LogP contribution is 2.26. The summed E-state index contributed by atoms with van der Waals surface area (Å²) < 4.78 is 27.4. The average molecular weight is 437 g/mol. The van der Waals surface area contributed by atoms with E-state index < -0.39 is 21.9 Å². The Balaban J connectivity index is 1.87. The Morgan fingerprint density at radius 3 is 2.36 bits per heavy atom. The van der Waals surface area contributed by atoms with Gasteiger partial charge in [-0.15, -0.1) is 11.3 Å². The Morgan fingerprint density at radius 2 is 1.75 bits per heavy atom. The van der Waals surface area contributed by atoms with E-state index in [4.69, 9.17) is 16.7 Å². The number of hydrogen-bond acceptors (Lipinski definition) is 5. The number of carboxylic acid groups (broad SMARTS) is 1. The predicted octanol–water partition coefficient (Wildman–Crippen LogP) is 4.15. The van der Waals surface area contributed by atoms with Crippen LogP contribution >= 0.6 is 22.9 Å². The maximum Gasteiger partial charge on any atom is 0.335 e.